The number of nitrogens with zero attached hydrogens (tertiary/aromatic N) is 1. The highest BCUT2D eigenvalue weighted by molar-refractivity contribution is 5.80. The summed E-state index contributed by atoms with van der Waals surface area (Å²) in [5.41, 5.74) is 5.81. The predicted molar refractivity (Wildman–Crippen MR) is 75.4 cm³/mol. The molecule has 0 aromatic rings. The van der Waals surface area contributed by atoms with Crippen molar-refractivity contribution in [2.75, 3.05) is 19.7 Å². The van der Waals surface area contributed by atoms with E-state index in [1.54, 1.807) is 0 Å². The van der Waals surface area contributed by atoms with Crippen LogP contribution in [0.5, 0.6) is 0 Å². The van der Waals surface area contributed by atoms with Crippen LogP contribution in [0.3, 0.4) is 0 Å². The molecule has 0 heterocycles. The van der Waals surface area contributed by atoms with Gasteiger partial charge in [0.2, 0.25) is 0 Å². The second-order valence-corrected chi connectivity index (χ2v) is 6.08. The molecule has 0 amide bonds. The molecule has 0 bridgehead atoms. The van der Waals surface area contributed by atoms with E-state index in [-0.39, 0.29) is 5.41 Å². The maximum Gasteiger partial charge on any atom is 0.139 e. The first kappa shape index (κ1) is 14.6. The maximum absolute atomic E-state index is 8.60. The van der Waals surface area contributed by atoms with Gasteiger partial charge in [-0.05, 0) is 31.1 Å². The molecule has 2 aliphatic rings. The van der Waals surface area contributed by atoms with Gasteiger partial charge in [-0.2, -0.15) is 0 Å². The van der Waals surface area contributed by atoms with Gasteiger partial charge in [-0.25, -0.2) is 0 Å². The summed E-state index contributed by atoms with van der Waals surface area (Å²) in [4.78, 5) is 0. The Morgan fingerprint density at radius 1 is 1.32 bits per heavy atom. The summed E-state index contributed by atoms with van der Waals surface area (Å²) >= 11 is 0. The van der Waals surface area contributed by atoms with Crippen LogP contribution in [-0.2, 0) is 4.74 Å². The van der Waals surface area contributed by atoms with Crippen LogP contribution < -0.4 is 11.1 Å². The molecular weight excluding hydrogens is 242 g/mol. The van der Waals surface area contributed by atoms with Crippen LogP contribution in [0.1, 0.15) is 51.4 Å². The second kappa shape index (κ2) is 7.10. The van der Waals surface area contributed by atoms with Crippen LogP contribution in [0.2, 0.25) is 0 Å². The maximum atomic E-state index is 8.60. The largest absolute Gasteiger partial charge is 0.409 e. The van der Waals surface area contributed by atoms with Gasteiger partial charge < -0.3 is 21.0 Å². The SMILES string of the molecule is NC(CC1(CNCCOC2CCCCC2)CC1)=NO. The number of amidine groups is 1. The zero-order valence-electron chi connectivity index (χ0n) is 11.7. The van der Waals surface area contributed by atoms with Crippen molar-refractivity contribution >= 4 is 5.84 Å². The number of nitrogens with one attached hydrogen (secondary N) is 1. The molecule has 2 saturated carbocycles. The Kier molecular flexibility index (Phi) is 5.45. The molecule has 110 valence electrons. The number of hydrogen-bond donors (Lipinski definition) is 3. The highest BCUT2D eigenvalue weighted by Gasteiger charge is 2.42. The number of oxime groups is 1. The highest BCUT2D eigenvalue weighted by Crippen LogP contribution is 2.48. The second-order valence-electron chi connectivity index (χ2n) is 6.08. The van der Waals surface area contributed by atoms with Crippen molar-refractivity contribution in [1.82, 2.24) is 5.32 Å². The van der Waals surface area contributed by atoms with E-state index in [1.807, 2.05) is 0 Å². The standard InChI is InChI=1S/C14H27N3O2/c15-13(17-18)10-14(6-7-14)11-16-8-9-19-12-4-2-1-3-5-12/h12,16,18H,1-11H2,(H2,15,17). The van der Waals surface area contributed by atoms with Gasteiger partial charge in [0, 0.05) is 19.5 Å². The zero-order chi connectivity index (χ0) is 13.6. The molecule has 5 nitrogen and oxygen atoms in total. The van der Waals surface area contributed by atoms with Gasteiger partial charge in [0.05, 0.1) is 12.7 Å². The Bertz CT molecular complexity index is 297. The number of ether oxygens (including phenoxy) is 1. The molecule has 0 atom stereocenters. The van der Waals surface area contributed by atoms with Gasteiger partial charge >= 0.3 is 0 Å². The van der Waals surface area contributed by atoms with E-state index in [9.17, 15) is 0 Å². The Balaban J connectivity index is 1.52. The fourth-order valence-corrected chi connectivity index (χ4v) is 2.90. The van der Waals surface area contributed by atoms with Gasteiger partial charge in [0.25, 0.3) is 0 Å². The molecule has 4 N–H and O–H groups in total. The first-order chi connectivity index (χ1) is 9.24. The van der Waals surface area contributed by atoms with Crippen molar-refractivity contribution in [2.24, 2.45) is 16.3 Å². The summed E-state index contributed by atoms with van der Waals surface area (Å²) in [5, 5.41) is 15.1. The molecule has 0 unspecified atom stereocenters. The molecule has 2 fully saturated rings. The molecule has 0 saturated heterocycles. The van der Waals surface area contributed by atoms with Crippen molar-refractivity contribution < 1.29 is 9.94 Å². The Morgan fingerprint density at radius 2 is 2.05 bits per heavy atom. The van der Waals surface area contributed by atoms with E-state index < -0.39 is 0 Å². The van der Waals surface area contributed by atoms with E-state index in [0.717, 1.165) is 19.7 Å². The fraction of sp³-hybridized carbons (Fsp3) is 0.929. The van der Waals surface area contributed by atoms with Crippen LogP contribution in [0.25, 0.3) is 0 Å². The summed E-state index contributed by atoms with van der Waals surface area (Å²) in [5.74, 6) is 0.345. The van der Waals surface area contributed by atoms with Crippen LogP contribution in [0, 0.1) is 5.41 Å². The average Bonchev–Trinajstić information content (AvgIpc) is 3.19. The summed E-state index contributed by atoms with van der Waals surface area (Å²) in [6.07, 6.45) is 9.99. The number of rotatable bonds is 8. The molecule has 0 aliphatic heterocycles. The lowest BCUT2D eigenvalue weighted by Gasteiger charge is -2.22. The van der Waals surface area contributed by atoms with Crippen molar-refractivity contribution in [1.29, 1.82) is 0 Å². The van der Waals surface area contributed by atoms with Crippen LogP contribution >= 0.6 is 0 Å². The lowest BCUT2D eigenvalue weighted by atomic mass is 9.98. The molecule has 19 heavy (non-hydrogen) atoms. The molecule has 2 rings (SSSR count). The normalized spacial score (nSPS) is 23.5. The molecule has 2 aliphatic carbocycles. The van der Waals surface area contributed by atoms with E-state index in [0.29, 0.717) is 18.4 Å². The van der Waals surface area contributed by atoms with E-state index >= 15 is 0 Å². The lowest BCUT2D eigenvalue weighted by molar-refractivity contribution is 0.0300. The molecule has 0 radical (unpaired) electrons. The number of nitrogens with two attached hydrogens (primary N) is 1. The monoisotopic (exact) mass is 269 g/mol. The smallest absolute Gasteiger partial charge is 0.139 e. The van der Waals surface area contributed by atoms with Gasteiger partial charge in [-0.3, -0.25) is 0 Å². The van der Waals surface area contributed by atoms with Gasteiger partial charge in [0.15, 0.2) is 0 Å². The first-order valence-corrected chi connectivity index (χ1v) is 7.53. The minimum absolute atomic E-state index is 0.237. The zero-order valence-corrected chi connectivity index (χ0v) is 11.7. The van der Waals surface area contributed by atoms with E-state index in [2.05, 4.69) is 10.5 Å². The topological polar surface area (TPSA) is 79.9 Å². The molecular formula is C14H27N3O2. The quantitative estimate of drug-likeness (QED) is 0.206. The van der Waals surface area contributed by atoms with E-state index in [1.165, 1.54) is 44.9 Å². The predicted octanol–water partition coefficient (Wildman–Crippen LogP) is 1.84. The Hall–Kier alpha value is -0.810. The highest BCUT2D eigenvalue weighted by atomic mass is 16.5. The third-order valence-electron chi connectivity index (χ3n) is 4.33. The summed E-state index contributed by atoms with van der Waals surface area (Å²) in [7, 11) is 0. The van der Waals surface area contributed by atoms with Crippen LogP contribution in [0.4, 0.5) is 0 Å². The summed E-state index contributed by atoms with van der Waals surface area (Å²) in [6.45, 7) is 2.63. The van der Waals surface area contributed by atoms with E-state index in [4.69, 9.17) is 15.7 Å². The molecule has 0 aromatic carbocycles. The van der Waals surface area contributed by atoms with Crippen molar-refractivity contribution in [3.05, 3.63) is 0 Å². The molecule has 0 spiro atoms. The molecule has 5 heteroatoms. The Labute approximate surface area is 115 Å². The fourth-order valence-electron chi connectivity index (χ4n) is 2.90. The van der Waals surface area contributed by atoms with Crippen molar-refractivity contribution in [2.45, 2.75) is 57.5 Å². The summed E-state index contributed by atoms with van der Waals surface area (Å²) in [6, 6.07) is 0. The van der Waals surface area contributed by atoms with Crippen molar-refractivity contribution in [3.8, 4) is 0 Å². The number of hydrogen-bond acceptors (Lipinski definition) is 4. The van der Waals surface area contributed by atoms with Gasteiger partial charge in [-0.1, -0.05) is 24.4 Å². The van der Waals surface area contributed by atoms with Crippen molar-refractivity contribution in [3.63, 3.8) is 0 Å². The van der Waals surface area contributed by atoms with Crippen LogP contribution in [-0.4, -0.2) is 36.8 Å². The minimum Gasteiger partial charge on any atom is -0.409 e. The minimum atomic E-state index is 0.237. The lowest BCUT2D eigenvalue weighted by Crippen LogP contribution is -2.31. The van der Waals surface area contributed by atoms with Crippen LogP contribution in [0.15, 0.2) is 5.16 Å². The van der Waals surface area contributed by atoms with Gasteiger partial charge in [0.1, 0.15) is 5.84 Å². The molecule has 0 aromatic heterocycles. The third-order valence-corrected chi connectivity index (χ3v) is 4.33. The average molecular weight is 269 g/mol. The van der Waals surface area contributed by atoms with Gasteiger partial charge in [-0.15, -0.1) is 0 Å². The Morgan fingerprint density at radius 3 is 2.68 bits per heavy atom. The summed E-state index contributed by atoms with van der Waals surface area (Å²) < 4.78 is 5.87. The third kappa shape index (κ3) is 4.99. The first-order valence-electron chi connectivity index (χ1n) is 7.53.